The molecular weight excluding hydrogens is 299 g/mol. The van der Waals surface area contributed by atoms with Gasteiger partial charge in [0.25, 0.3) is 0 Å². The highest BCUT2D eigenvalue weighted by atomic mass is 127. The molecule has 0 aliphatic heterocycles. The Bertz CT molecular complexity index is 206. The first-order valence-corrected chi connectivity index (χ1v) is 5.30. The number of nitrogens with two attached hydrogens (primary N) is 2. The lowest BCUT2D eigenvalue weighted by atomic mass is 10.1. The highest BCUT2D eigenvalue weighted by molar-refractivity contribution is 14.1. The van der Waals surface area contributed by atoms with E-state index in [1.54, 1.807) is 0 Å². The highest BCUT2D eigenvalue weighted by Gasteiger charge is 2.13. The third-order valence-corrected chi connectivity index (χ3v) is 2.38. The van der Waals surface area contributed by atoms with Crippen LogP contribution in [-0.2, 0) is 4.79 Å². The van der Waals surface area contributed by atoms with Crippen molar-refractivity contribution in [1.29, 1.82) is 0 Å². The first-order chi connectivity index (χ1) is 6.57. The average Bonchev–Trinajstić information content (AvgIpc) is 2.10. The summed E-state index contributed by atoms with van der Waals surface area (Å²) in [5.74, 6) is -0.756. The van der Waals surface area contributed by atoms with Crippen LogP contribution in [0.25, 0.3) is 0 Å². The van der Waals surface area contributed by atoms with E-state index in [0.717, 1.165) is 12.8 Å². The van der Waals surface area contributed by atoms with Gasteiger partial charge in [-0.15, -0.1) is 0 Å². The lowest BCUT2D eigenvalue weighted by Gasteiger charge is -2.08. The molecule has 0 spiro atoms. The predicted molar refractivity (Wildman–Crippen MR) is 63.1 cm³/mol. The van der Waals surface area contributed by atoms with E-state index >= 15 is 0 Å². The Morgan fingerprint density at radius 2 is 2.14 bits per heavy atom. The van der Waals surface area contributed by atoms with Crippen LogP contribution in [-0.4, -0.2) is 29.6 Å². The molecule has 6 N–H and O–H groups in total. The van der Waals surface area contributed by atoms with E-state index in [1.807, 2.05) is 22.9 Å². The smallest absolute Gasteiger partial charge is 0.321 e. The second kappa shape index (κ2) is 7.80. The fourth-order valence-corrected chi connectivity index (χ4v) is 1.47. The molecule has 0 bridgehead atoms. The maximum atomic E-state index is 10.6. The van der Waals surface area contributed by atoms with Crippen molar-refractivity contribution in [2.24, 2.45) is 16.5 Å². The maximum Gasteiger partial charge on any atom is 0.321 e. The van der Waals surface area contributed by atoms with Crippen molar-refractivity contribution < 1.29 is 9.90 Å². The topological polar surface area (TPSA) is 114 Å². The number of aliphatic imine (C=N–C) groups is 1. The normalized spacial score (nSPS) is 12.1. The molecular formula is C7H15IN4O2. The predicted octanol–water partition coefficient (Wildman–Crippen LogP) is -0.177. The third-order valence-electron chi connectivity index (χ3n) is 1.63. The molecule has 0 rings (SSSR count). The molecule has 82 valence electrons. The third kappa shape index (κ3) is 6.89. The zero-order valence-corrected chi connectivity index (χ0v) is 9.90. The lowest BCUT2D eigenvalue weighted by Crippen LogP contribution is -2.29. The molecule has 0 amide bonds. The summed E-state index contributed by atoms with van der Waals surface area (Å²) in [6.07, 6.45) is 2.15. The van der Waals surface area contributed by atoms with Crippen LogP contribution in [0.15, 0.2) is 4.99 Å². The second-order valence-corrected chi connectivity index (χ2v) is 3.43. The van der Waals surface area contributed by atoms with Crippen LogP contribution in [0.2, 0.25) is 0 Å². The van der Waals surface area contributed by atoms with E-state index in [2.05, 4.69) is 8.52 Å². The minimum absolute atomic E-state index is 0.0757. The number of halogens is 1. The molecule has 7 heteroatoms. The summed E-state index contributed by atoms with van der Waals surface area (Å²) in [6, 6.07) is -0.491. The minimum atomic E-state index is -0.832. The molecule has 0 aromatic heterocycles. The monoisotopic (exact) mass is 314 g/mol. The molecule has 0 heterocycles. The van der Waals surface area contributed by atoms with Gasteiger partial charge in [0, 0.05) is 29.4 Å². The molecule has 0 aliphatic carbocycles. The van der Waals surface area contributed by atoms with Gasteiger partial charge in [-0.2, -0.15) is 0 Å². The van der Waals surface area contributed by atoms with Crippen LogP contribution < -0.4 is 15.0 Å². The summed E-state index contributed by atoms with van der Waals surface area (Å²) in [5.41, 5.74) is 10.3. The molecule has 0 aliphatic rings. The largest absolute Gasteiger partial charge is 0.480 e. The highest BCUT2D eigenvalue weighted by Crippen LogP contribution is 2.02. The molecule has 1 atom stereocenters. The van der Waals surface area contributed by atoms with Gasteiger partial charge < -0.3 is 16.6 Å². The first-order valence-electron chi connectivity index (χ1n) is 4.22. The first kappa shape index (κ1) is 13.4. The summed E-state index contributed by atoms with van der Waals surface area (Å²) < 4.78 is 2.69. The van der Waals surface area contributed by atoms with Gasteiger partial charge in [0.1, 0.15) is 6.04 Å². The number of carboxylic acid groups (broad SMARTS) is 1. The van der Waals surface area contributed by atoms with Crippen molar-refractivity contribution in [1.82, 2.24) is 3.53 Å². The SMILES string of the molecule is NC(N)=NCCCC[C@H](NI)C(=O)O. The molecule has 0 radical (unpaired) electrons. The zero-order chi connectivity index (χ0) is 11.0. The Labute approximate surface area is 96.6 Å². The minimum Gasteiger partial charge on any atom is -0.480 e. The summed E-state index contributed by atoms with van der Waals surface area (Å²) in [6.45, 7) is 0.552. The Morgan fingerprint density at radius 1 is 1.50 bits per heavy atom. The molecule has 14 heavy (non-hydrogen) atoms. The van der Waals surface area contributed by atoms with Crippen LogP contribution in [0.4, 0.5) is 0 Å². The summed E-state index contributed by atoms with van der Waals surface area (Å²) >= 11 is 1.84. The van der Waals surface area contributed by atoms with Gasteiger partial charge in [0.2, 0.25) is 0 Å². The molecule has 6 nitrogen and oxygen atoms in total. The summed E-state index contributed by atoms with van der Waals surface area (Å²) in [7, 11) is 0. The summed E-state index contributed by atoms with van der Waals surface area (Å²) in [4.78, 5) is 14.4. The fourth-order valence-electron chi connectivity index (χ4n) is 0.893. The van der Waals surface area contributed by atoms with E-state index in [9.17, 15) is 4.79 Å². The van der Waals surface area contributed by atoms with Gasteiger partial charge >= 0.3 is 5.97 Å². The Hall–Kier alpha value is -0.570. The van der Waals surface area contributed by atoms with E-state index in [4.69, 9.17) is 16.6 Å². The Balaban J connectivity index is 3.52. The van der Waals surface area contributed by atoms with Gasteiger partial charge in [-0.3, -0.25) is 9.79 Å². The Kier molecular flexibility index (Phi) is 7.48. The number of carbonyl (C=O) groups is 1. The van der Waals surface area contributed by atoms with Gasteiger partial charge in [-0.1, -0.05) is 0 Å². The number of rotatable bonds is 7. The van der Waals surface area contributed by atoms with Gasteiger partial charge in [0.05, 0.1) is 0 Å². The fraction of sp³-hybridized carbons (Fsp3) is 0.714. The number of guanidine groups is 1. The van der Waals surface area contributed by atoms with Crippen molar-refractivity contribution >= 4 is 34.8 Å². The quantitative estimate of drug-likeness (QED) is 0.171. The zero-order valence-electron chi connectivity index (χ0n) is 7.74. The molecule has 0 aromatic carbocycles. The van der Waals surface area contributed by atoms with Crippen molar-refractivity contribution in [2.45, 2.75) is 25.3 Å². The van der Waals surface area contributed by atoms with Gasteiger partial charge in [-0.05, 0) is 19.3 Å². The molecule has 0 saturated carbocycles. The maximum absolute atomic E-state index is 10.6. The number of hydrogen-bond donors (Lipinski definition) is 4. The van der Waals surface area contributed by atoms with Crippen LogP contribution in [0, 0.1) is 0 Å². The number of nitrogens with one attached hydrogen (secondary N) is 1. The van der Waals surface area contributed by atoms with E-state index in [1.165, 1.54) is 0 Å². The van der Waals surface area contributed by atoms with Crippen molar-refractivity contribution in [3.8, 4) is 0 Å². The van der Waals surface area contributed by atoms with Crippen molar-refractivity contribution in [3.05, 3.63) is 0 Å². The average molecular weight is 314 g/mol. The lowest BCUT2D eigenvalue weighted by molar-refractivity contribution is -0.138. The summed E-state index contributed by atoms with van der Waals surface area (Å²) in [5, 5.41) is 8.68. The number of aliphatic carboxylic acids is 1. The van der Waals surface area contributed by atoms with Gasteiger partial charge in [0.15, 0.2) is 5.96 Å². The number of carboxylic acids is 1. The Morgan fingerprint density at radius 3 is 2.57 bits per heavy atom. The van der Waals surface area contributed by atoms with Crippen LogP contribution >= 0.6 is 22.9 Å². The number of hydrogen-bond acceptors (Lipinski definition) is 3. The van der Waals surface area contributed by atoms with E-state index < -0.39 is 12.0 Å². The standard InChI is InChI=1S/C7H15IN4O2/c8-12-5(6(13)14)3-1-2-4-11-7(9)10/h5,12H,1-4H2,(H,13,14)(H4,9,10,11)/t5-/m0/s1. The van der Waals surface area contributed by atoms with Crippen molar-refractivity contribution in [3.63, 3.8) is 0 Å². The second-order valence-electron chi connectivity index (χ2n) is 2.80. The van der Waals surface area contributed by atoms with Crippen molar-refractivity contribution in [2.75, 3.05) is 6.54 Å². The van der Waals surface area contributed by atoms with Crippen LogP contribution in [0.5, 0.6) is 0 Å². The molecule has 0 aromatic rings. The van der Waals surface area contributed by atoms with E-state index in [-0.39, 0.29) is 5.96 Å². The van der Waals surface area contributed by atoms with Crippen LogP contribution in [0.3, 0.4) is 0 Å². The number of nitrogens with zero attached hydrogens (tertiary/aromatic N) is 1. The van der Waals surface area contributed by atoms with Crippen LogP contribution in [0.1, 0.15) is 19.3 Å². The van der Waals surface area contributed by atoms with E-state index in [0.29, 0.717) is 13.0 Å². The molecule has 0 fully saturated rings. The number of unbranched alkanes of at least 4 members (excludes halogenated alkanes) is 1. The van der Waals surface area contributed by atoms with Gasteiger partial charge in [-0.25, -0.2) is 3.53 Å². The molecule has 0 saturated heterocycles. The molecule has 0 unspecified atom stereocenters.